The number of rotatable bonds is 5. The van der Waals surface area contributed by atoms with Crippen molar-refractivity contribution in [2.45, 2.75) is 45.2 Å². The molecule has 7 heteroatoms. The number of hydrogen-bond acceptors (Lipinski definition) is 4. The summed E-state index contributed by atoms with van der Waals surface area (Å²) < 4.78 is 7.15. The fourth-order valence-electron chi connectivity index (χ4n) is 3.03. The van der Waals surface area contributed by atoms with Gasteiger partial charge in [-0.3, -0.25) is 9.48 Å². The molecule has 2 aromatic heterocycles. The molecule has 1 amide bonds. The van der Waals surface area contributed by atoms with Crippen LogP contribution < -0.4 is 5.32 Å². The molecule has 0 unspecified atom stereocenters. The molecule has 3 rings (SSSR count). The zero-order valence-electron chi connectivity index (χ0n) is 12.9. The number of aromatic carboxylic acids is 1. The van der Waals surface area contributed by atoms with Gasteiger partial charge in [0.05, 0.1) is 12.6 Å². The Labute approximate surface area is 133 Å². The summed E-state index contributed by atoms with van der Waals surface area (Å²) in [6, 6.07) is 3.42. The maximum Gasteiger partial charge on any atom is 0.339 e. The van der Waals surface area contributed by atoms with Crippen LogP contribution in [0.3, 0.4) is 0 Å². The highest BCUT2D eigenvalue weighted by molar-refractivity contribution is 5.92. The van der Waals surface area contributed by atoms with E-state index in [9.17, 15) is 9.59 Å². The zero-order valence-corrected chi connectivity index (χ0v) is 12.9. The fourth-order valence-corrected chi connectivity index (χ4v) is 3.03. The first kappa shape index (κ1) is 15.3. The molecule has 23 heavy (non-hydrogen) atoms. The SMILES string of the molecule is Cc1oc(CNC(=O)c2ccnn2C2CCCC2)cc1C(=O)O. The number of carbonyl (C=O) groups is 2. The summed E-state index contributed by atoms with van der Waals surface area (Å²) in [6.07, 6.45) is 6.04. The lowest BCUT2D eigenvalue weighted by molar-refractivity contribution is 0.0694. The van der Waals surface area contributed by atoms with Gasteiger partial charge in [-0.1, -0.05) is 12.8 Å². The van der Waals surface area contributed by atoms with E-state index < -0.39 is 5.97 Å². The van der Waals surface area contributed by atoms with Gasteiger partial charge in [-0.2, -0.15) is 5.10 Å². The minimum Gasteiger partial charge on any atom is -0.478 e. The normalized spacial score (nSPS) is 15.0. The Bertz CT molecular complexity index is 726. The molecule has 1 aliphatic rings. The number of carboxylic acid groups (broad SMARTS) is 1. The van der Waals surface area contributed by atoms with Crippen LogP contribution >= 0.6 is 0 Å². The van der Waals surface area contributed by atoms with E-state index in [2.05, 4.69) is 10.4 Å². The van der Waals surface area contributed by atoms with Gasteiger partial charge in [0, 0.05) is 6.20 Å². The standard InChI is InChI=1S/C16H19N3O4/c1-10-13(16(21)22)8-12(23-10)9-17-15(20)14-6-7-18-19(14)11-4-2-3-5-11/h6-8,11H,2-5,9H2,1H3,(H,17,20)(H,21,22). The maximum atomic E-state index is 12.4. The summed E-state index contributed by atoms with van der Waals surface area (Å²) in [6.45, 7) is 1.73. The van der Waals surface area contributed by atoms with Crippen LogP contribution in [0, 0.1) is 6.92 Å². The molecule has 1 fully saturated rings. The first-order chi connectivity index (χ1) is 11.1. The van der Waals surface area contributed by atoms with Crippen LogP contribution in [0.1, 0.15) is 64.1 Å². The summed E-state index contributed by atoms with van der Waals surface area (Å²) in [5, 5.41) is 16.0. The summed E-state index contributed by atoms with van der Waals surface area (Å²) in [4.78, 5) is 23.3. The van der Waals surface area contributed by atoms with E-state index in [-0.39, 0.29) is 24.1 Å². The molecule has 0 saturated heterocycles. The second kappa shape index (κ2) is 6.28. The Kier molecular flexibility index (Phi) is 4.18. The summed E-state index contributed by atoms with van der Waals surface area (Å²) >= 11 is 0. The highest BCUT2D eigenvalue weighted by Crippen LogP contribution is 2.29. The average Bonchev–Trinajstić information content (AvgIpc) is 3.24. The molecule has 1 aliphatic carbocycles. The van der Waals surface area contributed by atoms with E-state index in [0.29, 0.717) is 17.2 Å². The topological polar surface area (TPSA) is 97.4 Å². The van der Waals surface area contributed by atoms with E-state index in [1.165, 1.54) is 6.07 Å². The largest absolute Gasteiger partial charge is 0.478 e. The lowest BCUT2D eigenvalue weighted by Crippen LogP contribution is -2.26. The van der Waals surface area contributed by atoms with Crippen molar-refractivity contribution in [1.29, 1.82) is 0 Å². The predicted molar refractivity (Wildman–Crippen MR) is 81.3 cm³/mol. The van der Waals surface area contributed by atoms with Gasteiger partial charge in [0.2, 0.25) is 0 Å². The number of furan rings is 1. The molecule has 0 aliphatic heterocycles. The number of carboxylic acids is 1. The van der Waals surface area contributed by atoms with Crippen molar-refractivity contribution >= 4 is 11.9 Å². The Balaban J connectivity index is 1.67. The molecule has 2 aromatic rings. The second-order valence-corrected chi connectivity index (χ2v) is 5.77. The van der Waals surface area contributed by atoms with Gasteiger partial charge in [-0.15, -0.1) is 0 Å². The molecule has 7 nitrogen and oxygen atoms in total. The van der Waals surface area contributed by atoms with Crippen molar-refractivity contribution in [3.63, 3.8) is 0 Å². The predicted octanol–water partition coefficient (Wildman–Crippen LogP) is 2.53. The van der Waals surface area contributed by atoms with E-state index in [4.69, 9.17) is 9.52 Å². The second-order valence-electron chi connectivity index (χ2n) is 5.77. The molecule has 0 radical (unpaired) electrons. The minimum absolute atomic E-state index is 0.116. The molecule has 1 saturated carbocycles. The van der Waals surface area contributed by atoms with Gasteiger partial charge < -0.3 is 14.8 Å². The zero-order chi connectivity index (χ0) is 16.4. The number of carbonyl (C=O) groups excluding carboxylic acids is 1. The molecule has 2 heterocycles. The monoisotopic (exact) mass is 317 g/mol. The smallest absolute Gasteiger partial charge is 0.339 e. The number of nitrogens with zero attached hydrogens (tertiary/aromatic N) is 2. The van der Waals surface area contributed by atoms with Crippen LogP contribution in [0.25, 0.3) is 0 Å². The third kappa shape index (κ3) is 3.13. The van der Waals surface area contributed by atoms with Crippen LogP contribution in [0.4, 0.5) is 0 Å². The van der Waals surface area contributed by atoms with Crippen molar-refractivity contribution in [3.8, 4) is 0 Å². The van der Waals surface area contributed by atoms with Gasteiger partial charge >= 0.3 is 5.97 Å². The molecule has 0 bridgehead atoms. The van der Waals surface area contributed by atoms with Gasteiger partial charge in [0.15, 0.2) is 0 Å². The Morgan fingerprint density at radius 1 is 1.43 bits per heavy atom. The number of aromatic nitrogens is 2. The van der Waals surface area contributed by atoms with Crippen LogP contribution in [0.2, 0.25) is 0 Å². The van der Waals surface area contributed by atoms with Crippen LogP contribution in [0.15, 0.2) is 22.7 Å². The van der Waals surface area contributed by atoms with E-state index >= 15 is 0 Å². The third-order valence-electron chi connectivity index (χ3n) is 4.20. The van der Waals surface area contributed by atoms with Gasteiger partial charge in [0.25, 0.3) is 5.91 Å². The van der Waals surface area contributed by atoms with E-state index in [1.807, 2.05) is 0 Å². The van der Waals surface area contributed by atoms with Crippen molar-refractivity contribution in [1.82, 2.24) is 15.1 Å². The molecule has 122 valence electrons. The van der Waals surface area contributed by atoms with Crippen molar-refractivity contribution in [2.75, 3.05) is 0 Å². The summed E-state index contributed by atoms with van der Waals surface area (Å²) in [7, 11) is 0. The number of aryl methyl sites for hydroxylation is 1. The van der Waals surface area contributed by atoms with Gasteiger partial charge in [-0.05, 0) is 31.9 Å². The number of amides is 1. The third-order valence-corrected chi connectivity index (χ3v) is 4.20. The molecular formula is C16H19N3O4. The molecular weight excluding hydrogens is 298 g/mol. The average molecular weight is 317 g/mol. The molecule has 0 spiro atoms. The summed E-state index contributed by atoms with van der Waals surface area (Å²) in [5.74, 6) is -0.526. The van der Waals surface area contributed by atoms with Crippen molar-refractivity contribution in [2.24, 2.45) is 0 Å². The first-order valence-electron chi connectivity index (χ1n) is 7.70. The quantitative estimate of drug-likeness (QED) is 0.883. The lowest BCUT2D eigenvalue weighted by atomic mass is 10.2. The van der Waals surface area contributed by atoms with Gasteiger partial charge in [-0.25, -0.2) is 4.79 Å². The highest BCUT2D eigenvalue weighted by atomic mass is 16.4. The van der Waals surface area contributed by atoms with Crippen molar-refractivity contribution in [3.05, 3.63) is 41.1 Å². The maximum absolute atomic E-state index is 12.4. The summed E-state index contributed by atoms with van der Waals surface area (Å²) in [5.41, 5.74) is 0.642. The van der Waals surface area contributed by atoms with Gasteiger partial charge in [0.1, 0.15) is 22.8 Å². The Morgan fingerprint density at radius 3 is 2.83 bits per heavy atom. The fraction of sp³-hybridized carbons (Fsp3) is 0.438. The van der Waals surface area contributed by atoms with E-state index in [0.717, 1.165) is 25.7 Å². The van der Waals surface area contributed by atoms with Crippen LogP contribution in [-0.2, 0) is 6.54 Å². The van der Waals surface area contributed by atoms with Crippen LogP contribution in [0.5, 0.6) is 0 Å². The first-order valence-corrected chi connectivity index (χ1v) is 7.70. The molecule has 2 N–H and O–H groups in total. The number of hydrogen-bond donors (Lipinski definition) is 2. The lowest BCUT2D eigenvalue weighted by Gasteiger charge is -2.13. The Morgan fingerprint density at radius 2 is 2.17 bits per heavy atom. The van der Waals surface area contributed by atoms with Crippen molar-refractivity contribution < 1.29 is 19.1 Å². The van der Waals surface area contributed by atoms with E-state index in [1.54, 1.807) is 23.9 Å². The minimum atomic E-state index is -1.04. The highest BCUT2D eigenvalue weighted by Gasteiger charge is 2.23. The Hall–Kier alpha value is -2.57. The molecule has 0 aromatic carbocycles. The van der Waals surface area contributed by atoms with Crippen LogP contribution in [-0.4, -0.2) is 26.8 Å². The molecule has 0 atom stereocenters. The number of nitrogens with one attached hydrogen (secondary N) is 1.